The van der Waals surface area contributed by atoms with Crippen LogP contribution in [0.5, 0.6) is 0 Å². The molecular weight excluding hydrogens is 394 g/mol. The van der Waals surface area contributed by atoms with Crippen LogP contribution in [0.25, 0.3) is 0 Å². The monoisotopic (exact) mass is 413 g/mol. The van der Waals surface area contributed by atoms with Crippen molar-refractivity contribution in [1.29, 1.82) is 0 Å². The second kappa shape index (κ2) is 8.72. The summed E-state index contributed by atoms with van der Waals surface area (Å²) in [7, 11) is -3.76. The molecule has 1 heterocycles. The van der Waals surface area contributed by atoms with Crippen molar-refractivity contribution in [3.8, 4) is 0 Å². The molecule has 0 aliphatic carbocycles. The van der Waals surface area contributed by atoms with E-state index in [2.05, 4.69) is 15.6 Å². The number of carbonyl (C=O) groups excluding carboxylic acids is 2. The Morgan fingerprint density at radius 2 is 1.41 bits per heavy atom. The number of furan rings is 1. The zero-order valence-electron chi connectivity index (χ0n) is 15.5. The van der Waals surface area contributed by atoms with Crippen LogP contribution in [-0.2, 0) is 16.6 Å². The van der Waals surface area contributed by atoms with Gasteiger partial charge >= 0.3 is 0 Å². The third-order valence-electron chi connectivity index (χ3n) is 4.05. The predicted octanol–water partition coefficient (Wildman–Crippen LogP) is 2.14. The molecule has 1 aromatic heterocycles. The molecule has 0 atom stereocenters. The van der Waals surface area contributed by atoms with E-state index in [1.165, 1.54) is 30.5 Å². The number of sulfonamides is 1. The number of hydrogen-bond acceptors (Lipinski definition) is 5. The Hall–Kier alpha value is -3.43. The number of carbonyl (C=O) groups is 2. The average molecular weight is 413 g/mol. The van der Waals surface area contributed by atoms with Crippen molar-refractivity contribution in [2.45, 2.75) is 18.4 Å². The van der Waals surface area contributed by atoms with Gasteiger partial charge in [0.15, 0.2) is 0 Å². The quantitative estimate of drug-likeness (QED) is 0.535. The Bertz CT molecular complexity index is 1090. The molecule has 2 amide bonds. The van der Waals surface area contributed by atoms with Crippen LogP contribution >= 0.6 is 0 Å². The first-order valence-electron chi connectivity index (χ1n) is 8.64. The predicted molar refractivity (Wildman–Crippen MR) is 105 cm³/mol. The molecule has 150 valence electrons. The van der Waals surface area contributed by atoms with E-state index in [1.54, 1.807) is 36.4 Å². The molecule has 0 fully saturated rings. The van der Waals surface area contributed by atoms with Crippen LogP contribution < -0.4 is 15.6 Å². The molecule has 29 heavy (non-hydrogen) atoms. The first-order valence-corrected chi connectivity index (χ1v) is 10.1. The van der Waals surface area contributed by atoms with Gasteiger partial charge < -0.3 is 4.42 Å². The number of nitrogens with one attached hydrogen (secondary N) is 3. The fraction of sp³-hybridized carbons (Fsp3) is 0.100. The summed E-state index contributed by atoms with van der Waals surface area (Å²) in [5.41, 5.74) is 6.23. The number of amides is 2. The summed E-state index contributed by atoms with van der Waals surface area (Å²) < 4.78 is 32.1. The van der Waals surface area contributed by atoms with E-state index in [0.29, 0.717) is 11.3 Å². The minimum atomic E-state index is -3.76. The Balaban J connectivity index is 1.58. The zero-order chi connectivity index (χ0) is 20.9. The summed E-state index contributed by atoms with van der Waals surface area (Å²) in [6, 6.07) is 15.5. The number of aryl methyl sites for hydroxylation is 1. The molecule has 0 unspecified atom stereocenters. The van der Waals surface area contributed by atoms with Crippen molar-refractivity contribution >= 4 is 21.8 Å². The van der Waals surface area contributed by atoms with Gasteiger partial charge in [0.25, 0.3) is 11.8 Å². The summed E-state index contributed by atoms with van der Waals surface area (Å²) in [6.07, 6.45) is 1.45. The second-order valence-corrected chi connectivity index (χ2v) is 7.97. The molecule has 3 N–H and O–H groups in total. The second-order valence-electron chi connectivity index (χ2n) is 6.20. The van der Waals surface area contributed by atoms with Crippen molar-refractivity contribution in [2.75, 3.05) is 0 Å². The van der Waals surface area contributed by atoms with Crippen LogP contribution in [0, 0.1) is 6.92 Å². The fourth-order valence-electron chi connectivity index (χ4n) is 2.41. The first-order chi connectivity index (χ1) is 13.8. The standard InChI is InChI=1S/C20H19N3O5S/c1-14-4-6-15(7-5-14)19(24)22-23-20(25)16-8-10-18(11-9-16)29(26,27)21-13-17-3-2-12-28-17/h2-12,21H,13H2,1H3,(H,22,24)(H,23,25). The molecule has 0 saturated carbocycles. The van der Waals surface area contributed by atoms with Crippen LogP contribution in [0.4, 0.5) is 0 Å². The lowest BCUT2D eigenvalue weighted by Crippen LogP contribution is -2.41. The molecule has 0 aliphatic heterocycles. The van der Waals surface area contributed by atoms with E-state index in [-0.39, 0.29) is 17.0 Å². The van der Waals surface area contributed by atoms with Crippen LogP contribution in [0.3, 0.4) is 0 Å². The molecule has 0 radical (unpaired) electrons. The highest BCUT2D eigenvalue weighted by Gasteiger charge is 2.16. The molecule has 3 rings (SSSR count). The lowest BCUT2D eigenvalue weighted by Gasteiger charge is -2.09. The smallest absolute Gasteiger partial charge is 0.269 e. The summed E-state index contributed by atoms with van der Waals surface area (Å²) in [5.74, 6) is -0.550. The lowest BCUT2D eigenvalue weighted by atomic mass is 10.1. The normalized spacial score (nSPS) is 11.1. The van der Waals surface area contributed by atoms with Gasteiger partial charge in [-0.25, -0.2) is 13.1 Å². The Kier molecular flexibility index (Phi) is 6.10. The largest absolute Gasteiger partial charge is 0.468 e. The fourth-order valence-corrected chi connectivity index (χ4v) is 3.40. The lowest BCUT2D eigenvalue weighted by molar-refractivity contribution is 0.0846. The van der Waals surface area contributed by atoms with Gasteiger partial charge in [0.1, 0.15) is 5.76 Å². The number of rotatable bonds is 6. The highest BCUT2D eigenvalue weighted by atomic mass is 32.2. The molecule has 3 aromatic rings. The minimum Gasteiger partial charge on any atom is -0.468 e. The van der Waals surface area contributed by atoms with Crippen LogP contribution in [0.15, 0.2) is 76.2 Å². The Labute approximate surface area is 168 Å². The number of hydrazine groups is 1. The third-order valence-corrected chi connectivity index (χ3v) is 5.46. The summed E-state index contributed by atoms with van der Waals surface area (Å²) in [5, 5.41) is 0. The summed E-state index contributed by atoms with van der Waals surface area (Å²) in [6.45, 7) is 1.92. The Morgan fingerprint density at radius 3 is 1.93 bits per heavy atom. The number of benzene rings is 2. The molecule has 2 aromatic carbocycles. The Morgan fingerprint density at radius 1 is 0.862 bits per heavy atom. The maximum absolute atomic E-state index is 12.3. The SMILES string of the molecule is Cc1ccc(C(=O)NNC(=O)c2ccc(S(=O)(=O)NCc3ccco3)cc2)cc1. The van der Waals surface area contributed by atoms with Gasteiger partial charge in [-0.3, -0.25) is 20.4 Å². The molecule has 0 saturated heterocycles. The summed E-state index contributed by atoms with van der Waals surface area (Å²) >= 11 is 0. The van der Waals surface area contributed by atoms with Crippen LogP contribution in [0.2, 0.25) is 0 Å². The maximum atomic E-state index is 12.3. The van der Waals surface area contributed by atoms with Gasteiger partial charge in [-0.2, -0.15) is 0 Å². The van der Waals surface area contributed by atoms with E-state index < -0.39 is 21.8 Å². The summed E-state index contributed by atoms with van der Waals surface area (Å²) in [4.78, 5) is 24.2. The topological polar surface area (TPSA) is 118 Å². The molecule has 0 aliphatic rings. The molecule has 0 bridgehead atoms. The van der Waals surface area contributed by atoms with Gasteiger partial charge in [-0.15, -0.1) is 0 Å². The minimum absolute atomic E-state index is 0.00398. The van der Waals surface area contributed by atoms with Crippen molar-refractivity contribution in [3.63, 3.8) is 0 Å². The van der Waals surface area contributed by atoms with Crippen molar-refractivity contribution in [1.82, 2.24) is 15.6 Å². The van der Waals surface area contributed by atoms with E-state index >= 15 is 0 Å². The van der Waals surface area contributed by atoms with Gasteiger partial charge in [-0.05, 0) is 55.5 Å². The van der Waals surface area contributed by atoms with E-state index in [1.807, 2.05) is 6.92 Å². The van der Waals surface area contributed by atoms with Crippen LogP contribution in [0.1, 0.15) is 32.0 Å². The molecular formula is C20H19N3O5S. The van der Waals surface area contributed by atoms with Gasteiger partial charge in [0.05, 0.1) is 17.7 Å². The van der Waals surface area contributed by atoms with Gasteiger partial charge in [0.2, 0.25) is 10.0 Å². The maximum Gasteiger partial charge on any atom is 0.269 e. The van der Waals surface area contributed by atoms with Crippen molar-refractivity contribution < 1.29 is 22.4 Å². The first kappa shape index (κ1) is 20.3. The number of hydrogen-bond donors (Lipinski definition) is 3. The van der Waals surface area contributed by atoms with Crippen molar-refractivity contribution in [2.24, 2.45) is 0 Å². The molecule has 8 nitrogen and oxygen atoms in total. The van der Waals surface area contributed by atoms with E-state index in [9.17, 15) is 18.0 Å². The van der Waals surface area contributed by atoms with Gasteiger partial charge in [0, 0.05) is 11.1 Å². The highest BCUT2D eigenvalue weighted by Crippen LogP contribution is 2.12. The van der Waals surface area contributed by atoms with Crippen molar-refractivity contribution in [3.05, 3.63) is 89.4 Å². The average Bonchev–Trinajstić information content (AvgIpc) is 3.25. The third kappa shape index (κ3) is 5.31. The van der Waals surface area contributed by atoms with E-state index in [4.69, 9.17) is 4.42 Å². The van der Waals surface area contributed by atoms with Crippen LogP contribution in [-0.4, -0.2) is 20.2 Å². The molecule has 9 heteroatoms. The highest BCUT2D eigenvalue weighted by molar-refractivity contribution is 7.89. The van der Waals surface area contributed by atoms with E-state index in [0.717, 1.165) is 5.56 Å². The van der Waals surface area contributed by atoms with Gasteiger partial charge in [-0.1, -0.05) is 17.7 Å². The molecule has 0 spiro atoms. The zero-order valence-corrected chi connectivity index (χ0v) is 16.3.